The third-order valence-electron chi connectivity index (χ3n) is 7.80. The number of carbonyl (C=O) groups excluding carboxylic acids is 3. The van der Waals surface area contributed by atoms with Crippen molar-refractivity contribution < 1.29 is 24.2 Å². The van der Waals surface area contributed by atoms with Crippen LogP contribution in [-0.4, -0.2) is 81.1 Å². The van der Waals surface area contributed by atoms with E-state index in [0.29, 0.717) is 13.1 Å². The Labute approximate surface area is 214 Å². The van der Waals surface area contributed by atoms with Crippen LogP contribution in [0.3, 0.4) is 0 Å². The van der Waals surface area contributed by atoms with Gasteiger partial charge in [-0.25, -0.2) is 0 Å². The van der Waals surface area contributed by atoms with Crippen molar-refractivity contribution in [1.29, 1.82) is 0 Å². The Morgan fingerprint density at radius 2 is 2.03 bits per heavy atom. The second kappa shape index (κ2) is 12.4. The van der Waals surface area contributed by atoms with Crippen LogP contribution in [-0.2, 0) is 19.1 Å². The van der Waals surface area contributed by atoms with Crippen LogP contribution < -0.4 is 0 Å². The van der Waals surface area contributed by atoms with Crippen LogP contribution in [0.1, 0.15) is 65.2 Å². The highest BCUT2D eigenvalue weighted by Gasteiger charge is 2.74. The highest BCUT2D eigenvalue weighted by molar-refractivity contribution is 8.02. The number of unbranched alkanes of at least 4 members (excludes halogenated alkanes) is 3. The largest absolute Gasteiger partial charge is 0.461 e. The number of rotatable bonds is 15. The fraction of sp³-hybridized carbons (Fsp3) is 0.741. The highest BCUT2D eigenvalue weighted by Crippen LogP contribution is 2.66. The Bertz CT molecular complexity index is 804. The van der Waals surface area contributed by atoms with Crippen molar-refractivity contribution in [2.75, 3.05) is 26.3 Å². The molecule has 1 spiro atoms. The van der Waals surface area contributed by atoms with Crippen molar-refractivity contribution >= 4 is 29.5 Å². The van der Waals surface area contributed by atoms with Crippen LogP contribution in [0, 0.1) is 11.8 Å². The standard InChI is InChI=1S/C27H42N2O5S/c1-5-12-19(4)28(15-6-2)25(32)23-27-14-13-20(35-27)21(26(33)34-18-7-3)22(27)24(31)29(23)16-10-8-9-11-17-30/h6-7,19-23,30H,2-3,5,8-18H2,1,4H3/t19?,20-,21+,22+,23?,27?/m1/s1. The number of nitrogens with zero attached hydrogens (tertiary/aromatic N) is 2. The summed E-state index contributed by atoms with van der Waals surface area (Å²) in [5, 5.41) is 9.09. The molecule has 6 atom stereocenters. The maximum atomic E-state index is 14.2. The number of thioether (sulfide) groups is 1. The Morgan fingerprint density at radius 3 is 2.69 bits per heavy atom. The Hall–Kier alpha value is -1.80. The van der Waals surface area contributed by atoms with Crippen LogP contribution >= 0.6 is 11.8 Å². The molecule has 0 radical (unpaired) electrons. The van der Waals surface area contributed by atoms with Crippen LogP contribution in [0.25, 0.3) is 0 Å². The Kier molecular flexibility index (Phi) is 9.87. The number of aliphatic hydroxyl groups excluding tert-OH is 1. The van der Waals surface area contributed by atoms with Gasteiger partial charge in [-0.2, -0.15) is 0 Å². The molecule has 0 aromatic heterocycles. The van der Waals surface area contributed by atoms with Gasteiger partial charge in [-0.1, -0.05) is 44.9 Å². The van der Waals surface area contributed by atoms with E-state index >= 15 is 0 Å². The van der Waals surface area contributed by atoms with Crippen LogP contribution in [0.2, 0.25) is 0 Å². The van der Waals surface area contributed by atoms with E-state index in [0.717, 1.165) is 51.4 Å². The number of amides is 2. The molecule has 3 aliphatic rings. The van der Waals surface area contributed by atoms with Crippen molar-refractivity contribution in [3.05, 3.63) is 25.3 Å². The topological polar surface area (TPSA) is 87.1 Å². The molecule has 7 nitrogen and oxygen atoms in total. The van der Waals surface area contributed by atoms with E-state index in [1.165, 1.54) is 6.08 Å². The summed E-state index contributed by atoms with van der Waals surface area (Å²) in [5.41, 5.74) is 0. The monoisotopic (exact) mass is 506 g/mol. The van der Waals surface area contributed by atoms with Gasteiger partial charge >= 0.3 is 5.97 Å². The minimum absolute atomic E-state index is 0.00388. The van der Waals surface area contributed by atoms with Gasteiger partial charge in [0, 0.05) is 31.0 Å². The van der Waals surface area contributed by atoms with E-state index in [4.69, 9.17) is 9.84 Å². The van der Waals surface area contributed by atoms with Gasteiger partial charge in [0.2, 0.25) is 11.8 Å². The molecular weight excluding hydrogens is 464 g/mol. The number of hydrogen-bond donors (Lipinski definition) is 1. The quantitative estimate of drug-likeness (QED) is 0.208. The first-order valence-electron chi connectivity index (χ1n) is 13.2. The third kappa shape index (κ3) is 5.33. The molecule has 3 rings (SSSR count). The molecule has 3 fully saturated rings. The summed E-state index contributed by atoms with van der Waals surface area (Å²) in [6.07, 6.45) is 9.96. The summed E-state index contributed by atoms with van der Waals surface area (Å²) in [5.74, 6) is -1.49. The predicted molar refractivity (Wildman–Crippen MR) is 139 cm³/mol. The van der Waals surface area contributed by atoms with Gasteiger partial charge in [0.1, 0.15) is 12.6 Å². The summed E-state index contributed by atoms with van der Waals surface area (Å²) >= 11 is 1.68. The van der Waals surface area contributed by atoms with E-state index in [1.807, 2.05) is 4.90 Å². The number of carbonyl (C=O) groups is 3. The first-order chi connectivity index (χ1) is 16.9. The SMILES string of the molecule is C=CCOC(=O)[C@@H]1[C@H]2C(=O)N(CCCCCCO)C(C(=O)N(CC=C)C(C)CCC)C23CC[C@H]1S3. The van der Waals surface area contributed by atoms with Gasteiger partial charge in [0.15, 0.2) is 0 Å². The summed E-state index contributed by atoms with van der Waals surface area (Å²) in [6, 6.07) is -0.538. The van der Waals surface area contributed by atoms with Gasteiger partial charge in [0.05, 0.1) is 16.6 Å². The molecule has 1 N–H and O–H groups in total. The molecule has 0 aliphatic carbocycles. The molecule has 0 aromatic carbocycles. The molecule has 3 aliphatic heterocycles. The van der Waals surface area contributed by atoms with Gasteiger partial charge in [-0.05, 0) is 39.0 Å². The molecule has 35 heavy (non-hydrogen) atoms. The molecule has 0 aromatic rings. The zero-order valence-corrected chi connectivity index (χ0v) is 22.1. The molecule has 8 heteroatoms. The van der Waals surface area contributed by atoms with Crippen LogP contribution in [0.15, 0.2) is 25.3 Å². The summed E-state index contributed by atoms with van der Waals surface area (Å²) in [4.78, 5) is 44.8. The van der Waals surface area contributed by atoms with Crippen LogP contribution in [0.4, 0.5) is 0 Å². The molecule has 3 unspecified atom stereocenters. The van der Waals surface area contributed by atoms with Gasteiger partial charge in [-0.15, -0.1) is 18.3 Å². The number of esters is 1. The van der Waals surface area contributed by atoms with Crippen molar-refractivity contribution in [2.45, 2.75) is 87.3 Å². The van der Waals surface area contributed by atoms with E-state index in [1.54, 1.807) is 22.7 Å². The lowest BCUT2D eigenvalue weighted by molar-refractivity contribution is -0.153. The fourth-order valence-corrected chi connectivity index (χ4v) is 8.48. The summed E-state index contributed by atoms with van der Waals surface area (Å²) in [6.45, 7) is 12.9. The molecule has 196 valence electrons. The average Bonchev–Trinajstić information content (AvgIpc) is 3.48. The number of hydrogen-bond acceptors (Lipinski definition) is 6. The van der Waals surface area contributed by atoms with E-state index in [9.17, 15) is 14.4 Å². The van der Waals surface area contributed by atoms with E-state index in [2.05, 4.69) is 27.0 Å². The second-order valence-electron chi connectivity index (χ2n) is 10.1. The van der Waals surface area contributed by atoms with E-state index in [-0.39, 0.29) is 42.3 Å². The zero-order chi connectivity index (χ0) is 25.6. The predicted octanol–water partition coefficient (Wildman–Crippen LogP) is 3.56. The van der Waals surface area contributed by atoms with Crippen molar-refractivity contribution in [3.63, 3.8) is 0 Å². The van der Waals surface area contributed by atoms with Crippen molar-refractivity contribution in [1.82, 2.24) is 9.80 Å². The number of aliphatic hydroxyl groups is 1. The lowest BCUT2D eigenvalue weighted by Gasteiger charge is -2.39. The molecule has 2 amide bonds. The number of ether oxygens (including phenoxy) is 1. The minimum atomic E-state index is -0.590. The molecule has 2 bridgehead atoms. The first kappa shape index (κ1) is 27.8. The maximum Gasteiger partial charge on any atom is 0.311 e. The lowest BCUT2D eigenvalue weighted by atomic mass is 9.71. The third-order valence-corrected chi connectivity index (χ3v) is 9.76. The Balaban J connectivity index is 1.93. The maximum absolute atomic E-state index is 14.2. The minimum Gasteiger partial charge on any atom is -0.461 e. The molecule has 3 saturated heterocycles. The molecular formula is C27H42N2O5S. The lowest BCUT2D eigenvalue weighted by Crippen LogP contribution is -2.56. The summed E-state index contributed by atoms with van der Waals surface area (Å²) in [7, 11) is 0. The van der Waals surface area contributed by atoms with Gasteiger partial charge in [-0.3, -0.25) is 14.4 Å². The van der Waals surface area contributed by atoms with Gasteiger partial charge < -0.3 is 19.6 Å². The molecule has 0 saturated carbocycles. The number of fused-ring (bicyclic) bond motifs is 1. The fourth-order valence-electron chi connectivity index (χ4n) is 6.28. The van der Waals surface area contributed by atoms with Crippen molar-refractivity contribution in [2.24, 2.45) is 11.8 Å². The summed E-state index contributed by atoms with van der Waals surface area (Å²) < 4.78 is 4.83. The second-order valence-corrected chi connectivity index (χ2v) is 11.7. The molecule has 3 heterocycles. The van der Waals surface area contributed by atoms with Crippen LogP contribution in [0.5, 0.6) is 0 Å². The van der Waals surface area contributed by atoms with E-state index < -0.39 is 22.6 Å². The first-order valence-corrected chi connectivity index (χ1v) is 14.0. The zero-order valence-electron chi connectivity index (χ0n) is 21.3. The Morgan fingerprint density at radius 1 is 1.29 bits per heavy atom. The van der Waals surface area contributed by atoms with Crippen molar-refractivity contribution in [3.8, 4) is 0 Å². The normalized spacial score (nSPS) is 29.7. The average molecular weight is 507 g/mol. The smallest absolute Gasteiger partial charge is 0.311 e. The highest BCUT2D eigenvalue weighted by atomic mass is 32.2. The van der Waals surface area contributed by atoms with Gasteiger partial charge in [0.25, 0.3) is 0 Å². The number of likely N-dealkylation sites (tertiary alicyclic amines) is 1.